The van der Waals surface area contributed by atoms with Gasteiger partial charge in [0.2, 0.25) is 0 Å². The van der Waals surface area contributed by atoms with Gasteiger partial charge in [0.05, 0.1) is 11.3 Å². The summed E-state index contributed by atoms with van der Waals surface area (Å²) in [4.78, 5) is 16.6. The lowest BCUT2D eigenvalue weighted by atomic mass is 9.97. The minimum atomic E-state index is 0.0468. The zero-order valence-electron chi connectivity index (χ0n) is 12.8. The highest BCUT2D eigenvalue weighted by atomic mass is 79.9. The average molecular weight is 376 g/mol. The second-order valence-corrected chi connectivity index (χ2v) is 6.54. The number of nitrogens with one attached hydrogen (secondary N) is 1. The first kappa shape index (κ1) is 14.9. The van der Waals surface area contributed by atoms with Gasteiger partial charge in [-0.1, -0.05) is 70.5 Å². The minimum Gasteiger partial charge on any atom is -0.354 e. The number of hydrogen-bond donors (Lipinski definition) is 1. The highest BCUT2D eigenvalue weighted by Crippen LogP contribution is 2.30. The third-order valence-electron chi connectivity index (χ3n) is 4.10. The molecule has 3 heteroatoms. The van der Waals surface area contributed by atoms with Crippen molar-refractivity contribution in [3.05, 3.63) is 93.6 Å². The van der Waals surface area contributed by atoms with Crippen molar-refractivity contribution in [1.82, 2.24) is 4.98 Å². The van der Waals surface area contributed by atoms with E-state index in [1.165, 1.54) is 0 Å². The summed E-state index contributed by atoms with van der Waals surface area (Å²) in [5.41, 5.74) is 4.35. The largest absolute Gasteiger partial charge is 0.354 e. The Morgan fingerprint density at radius 2 is 1.38 bits per heavy atom. The standard InChI is InChI=1S/C21H14BrNO/c22-16-12-10-14(11-13-16)19-20(15-6-2-1-3-7-15)23-18-9-5-4-8-17(18)21(19)24/h1-13H,(H,23,24). The molecule has 0 aliphatic carbocycles. The van der Waals surface area contributed by atoms with E-state index in [0.717, 1.165) is 26.8 Å². The summed E-state index contributed by atoms with van der Waals surface area (Å²) in [6.07, 6.45) is 0. The van der Waals surface area contributed by atoms with E-state index in [9.17, 15) is 4.79 Å². The molecule has 3 aromatic carbocycles. The second kappa shape index (κ2) is 6.10. The number of aromatic nitrogens is 1. The summed E-state index contributed by atoms with van der Waals surface area (Å²) in [5, 5.41) is 0.704. The zero-order valence-corrected chi connectivity index (χ0v) is 14.4. The zero-order chi connectivity index (χ0) is 16.5. The van der Waals surface area contributed by atoms with Crippen LogP contribution in [0.15, 0.2) is 88.1 Å². The van der Waals surface area contributed by atoms with Crippen LogP contribution in [-0.4, -0.2) is 4.98 Å². The summed E-state index contributed by atoms with van der Waals surface area (Å²) in [5.74, 6) is 0. The number of halogens is 1. The molecule has 0 spiro atoms. The Labute approximate surface area is 147 Å². The normalized spacial score (nSPS) is 10.9. The molecule has 0 unspecified atom stereocenters. The molecule has 0 amide bonds. The molecule has 0 atom stereocenters. The molecule has 0 aliphatic rings. The van der Waals surface area contributed by atoms with E-state index < -0.39 is 0 Å². The molecule has 0 fully saturated rings. The summed E-state index contributed by atoms with van der Waals surface area (Å²) in [6, 6.07) is 25.5. The quantitative estimate of drug-likeness (QED) is 0.484. The van der Waals surface area contributed by atoms with E-state index in [2.05, 4.69) is 20.9 Å². The summed E-state index contributed by atoms with van der Waals surface area (Å²) >= 11 is 3.45. The van der Waals surface area contributed by atoms with E-state index in [0.29, 0.717) is 10.9 Å². The van der Waals surface area contributed by atoms with Crippen molar-refractivity contribution >= 4 is 26.8 Å². The van der Waals surface area contributed by atoms with Gasteiger partial charge in [0.15, 0.2) is 5.43 Å². The van der Waals surface area contributed by atoms with E-state index in [1.54, 1.807) is 0 Å². The van der Waals surface area contributed by atoms with Gasteiger partial charge in [-0.05, 0) is 35.4 Å². The predicted molar refractivity (Wildman–Crippen MR) is 103 cm³/mol. The van der Waals surface area contributed by atoms with Crippen LogP contribution < -0.4 is 5.43 Å². The van der Waals surface area contributed by atoms with Gasteiger partial charge in [0.1, 0.15) is 0 Å². The third kappa shape index (κ3) is 2.57. The fourth-order valence-electron chi connectivity index (χ4n) is 2.95. The van der Waals surface area contributed by atoms with Crippen LogP contribution in [0.1, 0.15) is 0 Å². The fourth-order valence-corrected chi connectivity index (χ4v) is 3.21. The van der Waals surface area contributed by atoms with Crippen LogP contribution in [0.2, 0.25) is 0 Å². The maximum atomic E-state index is 13.2. The van der Waals surface area contributed by atoms with Crippen LogP contribution >= 0.6 is 15.9 Å². The summed E-state index contributed by atoms with van der Waals surface area (Å²) < 4.78 is 0.990. The first-order valence-electron chi connectivity index (χ1n) is 7.70. The first-order chi connectivity index (χ1) is 11.7. The van der Waals surface area contributed by atoms with Crippen LogP contribution in [0.4, 0.5) is 0 Å². The smallest absolute Gasteiger partial charge is 0.197 e. The van der Waals surface area contributed by atoms with Gasteiger partial charge in [0.25, 0.3) is 0 Å². The molecule has 0 saturated carbocycles. The monoisotopic (exact) mass is 375 g/mol. The molecule has 24 heavy (non-hydrogen) atoms. The Morgan fingerprint density at radius 3 is 2.12 bits per heavy atom. The molecule has 4 aromatic rings. The lowest BCUT2D eigenvalue weighted by Gasteiger charge is -2.12. The fraction of sp³-hybridized carbons (Fsp3) is 0. The van der Waals surface area contributed by atoms with Crippen molar-refractivity contribution in [3.8, 4) is 22.4 Å². The number of hydrogen-bond acceptors (Lipinski definition) is 1. The maximum Gasteiger partial charge on any atom is 0.197 e. The van der Waals surface area contributed by atoms with Gasteiger partial charge in [-0.3, -0.25) is 4.79 Å². The molecule has 1 N–H and O–H groups in total. The van der Waals surface area contributed by atoms with Gasteiger partial charge in [0, 0.05) is 15.4 Å². The van der Waals surface area contributed by atoms with Crippen LogP contribution in [0.3, 0.4) is 0 Å². The summed E-state index contributed by atoms with van der Waals surface area (Å²) in [6.45, 7) is 0. The van der Waals surface area contributed by atoms with E-state index in [-0.39, 0.29) is 5.43 Å². The number of aromatic amines is 1. The lowest BCUT2D eigenvalue weighted by Crippen LogP contribution is -2.09. The molecular weight excluding hydrogens is 362 g/mol. The number of rotatable bonds is 2. The lowest BCUT2D eigenvalue weighted by molar-refractivity contribution is 1.37. The number of H-pyrrole nitrogens is 1. The van der Waals surface area contributed by atoms with Crippen LogP contribution in [0.25, 0.3) is 33.3 Å². The van der Waals surface area contributed by atoms with Crippen LogP contribution in [-0.2, 0) is 0 Å². The van der Waals surface area contributed by atoms with Gasteiger partial charge in [-0.2, -0.15) is 0 Å². The number of para-hydroxylation sites is 1. The number of benzene rings is 3. The molecule has 4 rings (SSSR count). The summed E-state index contributed by atoms with van der Waals surface area (Å²) in [7, 11) is 0. The minimum absolute atomic E-state index is 0.0468. The molecular formula is C21H14BrNO. The van der Waals surface area contributed by atoms with Gasteiger partial charge in [-0.15, -0.1) is 0 Å². The maximum absolute atomic E-state index is 13.2. The molecule has 0 saturated heterocycles. The molecule has 2 nitrogen and oxygen atoms in total. The Morgan fingerprint density at radius 1 is 0.708 bits per heavy atom. The Kier molecular flexibility index (Phi) is 3.79. The van der Waals surface area contributed by atoms with Crippen LogP contribution in [0, 0.1) is 0 Å². The molecule has 116 valence electrons. The molecule has 1 heterocycles. The van der Waals surface area contributed by atoms with Crippen LogP contribution in [0.5, 0.6) is 0 Å². The van der Waals surface area contributed by atoms with Gasteiger partial charge >= 0.3 is 0 Å². The average Bonchev–Trinajstić information content (AvgIpc) is 2.63. The van der Waals surface area contributed by atoms with E-state index >= 15 is 0 Å². The van der Waals surface area contributed by atoms with Crippen molar-refractivity contribution in [3.63, 3.8) is 0 Å². The SMILES string of the molecule is O=c1c(-c2ccc(Br)cc2)c(-c2ccccc2)[nH]c2ccccc12. The van der Waals surface area contributed by atoms with E-state index in [1.807, 2.05) is 78.9 Å². The first-order valence-corrected chi connectivity index (χ1v) is 8.50. The highest BCUT2D eigenvalue weighted by molar-refractivity contribution is 9.10. The van der Waals surface area contributed by atoms with Crippen molar-refractivity contribution in [1.29, 1.82) is 0 Å². The molecule has 0 aliphatic heterocycles. The van der Waals surface area contributed by atoms with Crippen molar-refractivity contribution < 1.29 is 0 Å². The Balaban J connectivity index is 2.11. The Bertz CT molecular complexity index is 1070. The van der Waals surface area contributed by atoms with E-state index in [4.69, 9.17) is 0 Å². The molecule has 0 bridgehead atoms. The molecule has 0 radical (unpaired) electrons. The Hall–Kier alpha value is -2.65. The number of pyridine rings is 1. The van der Waals surface area contributed by atoms with Crippen molar-refractivity contribution in [2.45, 2.75) is 0 Å². The number of fused-ring (bicyclic) bond motifs is 1. The second-order valence-electron chi connectivity index (χ2n) is 5.62. The van der Waals surface area contributed by atoms with Gasteiger partial charge < -0.3 is 4.98 Å². The molecule has 1 aromatic heterocycles. The highest BCUT2D eigenvalue weighted by Gasteiger charge is 2.15. The third-order valence-corrected chi connectivity index (χ3v) is 4.63. The topological polar surface area (TPSA) is 32.9 Å². The van der Waals surface area contributed by atoms with Crippen molar-refractivity contribution in [2.24, 2.45) is 0 Å². The van der Waals surface area contributed by atoms with Crippen molar-refractivity contribution in [2.75, 3.05) is 0 Å². The van der Waals surface area contributed by atoms with Gasteiger partial charge in [-0.25, -0.2) is 0 Å². The predicted octanol–water partition coefficient (Wildman–Crippen LogP) is 5.62.